The van der Waals surface area contributed by atoms with E-state index in [4.69, 9.17) is 19.4 Å². The van der Waals surface area contributed by atoms with Crippen molar-refractivity contribution in [3.63, 3.8) is 0 Å². The SMILES string of the molecule is c1ccc(-c2ccc3c(c2)c2ccccc2n3-c2ccc3oc4ccc5c6ccc(-c7nc(-c8ccccc8)nc(-c8ccccc8)n7)cc6n(-c6ccccc6)c5c4c3c2)cc1. The molecule has 63 heavy (non-hydrogen) atoms. The first kappa shape index (κ1) is 35.2. The van der Waals surface area contributed by atoms with Crippen molar-refractivity contribution in [3.8, 4) is 56.7 Å². The van der Waals surface area contributed by atoms with Crippen molar-refractivity contribution in [3.05, 3.63) is 212 Å². The average molecular weight is 806 g/mol. The van der Waals surface area contributed by atoms with E-state index in [-0.39, 0.29) is 0 Å². The van der Waals surface area contributed by atoms with Gasteiger partial charge in [0.05, 0.1) is 27.5 Å². The summed E-state index contributed by atoms with van der Waals surface area (Å²) in [7, 11) is 0. The number of nitrogens with zero attached hydrogens (tertiary/aromatic N) is 5. The zero-order valence-corrected chi connectivity index (χ0v) is 33.9. The zero-order valence-electron chi connectivity index (χ0n) is 33.9. The van der Waals surface area contributed by atoms with E-state index in [0.29, 0.717) is 17.5 Å². The van der Waals surface area contributed by atoms with E-state index in [9.17, 15) is 0 Å². The second kappa shape index (κ2) is 14.0. The lowest BCUT2D eigenvalue weighted by atomic mass is 10.0. The Hall–Kier alpha value is -8.61. The molecule has 13 rings (SSSR count). The van der Waals surface area contributed by atoms with Gasteiger partial charge in [-0.05, 0) is 77.9 Å². The second-order valence-corrected chi connectivity index (χ2v) is 16.0. The first-order valence-corrected chi connectivity index (χ1v) is 21.2. The van der Waals surface area contributed by atoms with E-state index in [0.717, 1.165) is 82.8 Å². The smallest absolute Gasteiger partial charge is 0.164 e. The fourth-order valence-corrected chi connectivity index (χ4v) is 9.48. The molecule has 9 aromatic carbocycles. The fourth-order valence-electron chi connectivity index (χ4n) is 9.48. The summed E-state index contributed by atoms with van der Waals surface area (Å²) in [6, 6.07) is 74.4. The van der Waals surface area contributed by atoms with Crippen molar-refractivity contribution in [2.24, 2.45) is 0 Å². The lowest BCUT2D eigenvalue weighted by Crippen LogP contribution is -2.00. The predicted octanol–water partition coefficient (Wildman–Crippen LogP) is 14.6. The van der Waals surface area contributed by atoms with Gasteiger partial charge in [0, 0.05) is 55.0 Å². The summed E-state index contributed by atoms with van der Waals surface area (Å²) in [5.41, 5.74) is 13.4. The molecule has 6 heteroatoms. The summed E-state index contributed by atoms with van der Waals surface area (Å²) >= 11 is 0. The predicted molar refractivity (Wildman–Crippen MR) is 258 cm³/mol. The molecule has 4 heterocycles. The Morgan fingerprint density at radius 1 is 0.302 bits per heavy atom. The molecule has 13 aromatic rings. The first-order chi connectivity index (χ1) is 31.2. The molecule has 6 nitrogen and oxygen atoms in total. The van der Waals surface area contributed by atoms with E-state index in [1.165, 1.54) is 21.9 Å². The Balaban J connectivity index is 1.05. The maximum absolute atomic E-state index is 6.71. The maximum atomic E-state index is 6.71. The van der Waals surface area contributed by atoms with Crippen LogP contribution in [0.5, 0.6) is 0 Å². The molecule has 0 aliphatic carbocycles. The number of fused-ring (bicyclic) bond motifs is 10. The van der Waals surface area contributed by atoms with E-state index in [2.05, 4.69) is 161 Å². The lowest BCUT2D eigenvalue weighted by molar-refractivity contribution is 0.669. The van der Waals surface area contributed by atoms with Gasteiger partial charge in [-0.2, -0.15) is 0 Å². The monoisotopic (exact) mass is 805 g/mol. The van der Waals surface area contributed by atoms with E-state index in [1.54, 1.807) is 0 Å². The molecule has 4 aromatic heterocycles. The first-order valence-electron chi connectivity index (χ1n) is 21.2. The highest BCUT2D eigenvalue weighted by molar-refractivity contribution is 6.25. The Morgan fingerprint density at radius 2 is 0.857 bits per heavy atom. The number of para-hydroxylation sites is 2. The van der Waals surface area contributed by atoms with Crippen molar-refractivity contribution < 1.29 is 4.42 Å². The molecule has 0 saturated heterocycles. The zero-order chi connectivity index (χ0) is 41.4. The highest BCUT2D eigenvalue weighted by atomic mass is 16.3. The Bertz CT molecular complexity index is 3830. The number of rotatable bonds is 6. The van der Waals surface area contributed by atoms with Crippen LogP contribution in [0.1, 0.15) is 0 Å². The van der Waals surface area contributed by atoms with Crippen LogP contribution < -0.4 is 0 Å². The van der Waals surface area contributed by atoms with Crippen molar-refractivity contribution in [2.45, 2.75) is 0 Å². The van der Waals surface area contributed by atoms with Crippen LogP contribution >= 0.6 is 0 Å². The van der Waals surface area contributed by atoms with Gasteiger partial charge in [-0.25, -0.2) is 15.0 Å². The molecular weight excluding hydrogens is 771 g/mol. The van der Waals surface area contributed by atoms with Gasteiger partial charge in [0.2, 0.25) is 0 Å². The summed E-state index contributed by atoms with van der Waals surface area (Å²) in [5.74, 6) is 1.87. The van der Waals surface area contributed by atoms with Crippen LogP contribution in [0.2, 0.25) is 0 Å². The summed E-state index contributed by atoms with van der Waals surface area (Å²) in [6.07, 6.45) is 0. The van der Waals surface area contributed by atoms with Gasteiger partial charge >= 0.3 is 0 Å². The van der Waals surface area contributed by atoms with Crippen LogP contribution in [0, 0.1) is 0 Å². The molecule has 0 aliphatic rings. The van der Waals surface area contributed by atoms with Gasteiger partial charge in [0.1, 0.15) is 11.2 Å². The Labute approximate surface area is 361 Å². The summed E-state index contributed by atoms with van der Waals surface area (Å²) in [4.78, 5) is 15.1. The third kappa shape index (κ3) is 5.62. The van der Waals surface area contributed by atoms with Gasteiger partial charge in [0.15, 0.2) is 17.5 Å². The van der Waals surface area contributed by atoms with Gasteiger partial charge < -0.3 is 13.6 Å². The number of hydrogen-bond acceptors (Lipinski definition) is 4. The van der Waals surface area contributed by atoms with E-state index >= 15 is 0 Å². The maximum Gasteiger partial charge on any atom is 0.164 e. The van der Waals surface area contributed by atoms with Crippen LogP contribution in [0.25, 0.3) is 122 Å². The lowest BCUT2D eigenvalue weighted by Gasteiger charge is -2.11. The van der Waals surface area contributed by atoms with Crippen molar-refractivity contribution >= 4 is 65.6 Å². The molecular formula is C57H35N5O. The van der Waals surface area contributed by atoms with Gasteiger partial charge in [-0.15, -0.1) is 0 Å². The number of aromatic nitrogens is 5. The summed E-state index contributed by atoms with van der Waals surface area (Å²) < 4.78 is 11.5. The van der Waals surface area contributed by atoms with Crippen LogP contribution in [0.3, 0.4) is 0 Å². The largest absolute Gasteiger partial charge is 0.456 e. The number of furan rings is 1. The molecule has 0 spiro atoms. The molecule has 0 radical (unpaired) electrons. The highest BCUT2D eigenvalue weighted by Crippen LogP contribution is 2.43. The molecule has 0 saturated carbocycles. The molecule has 0 atom stereocenters. The normalized spacial score (nSPS) is 11.8. The number of benzene rings is 9. The second-order valence-electron chi connectivity index (χ2n) is 16.0. The van der Waals surface area contributed by atoms with Gasteiger partial charge in [-0.1, -0.05) is 146 Å². The third-order valence-corrected chi connectivity index (χ3v) is 12.4. The fraction of sp³-hybridized carbons (Fsp3) is 0. The standard InChI is InChI=1S/C57H35N5O/c1-5-15-36(16-6-1)39-26-30-49-46(33-39)43-23-13-14-24-48(43)61(49)42-27-31-51-47(35-42)53-52(63-51)32-29-45-44-28-25-40(34-50(44)62(54(45)53)41-21-11-4-12-22-41)57-59-55(37-17-7-2-8-18-37)58-56(60-57)38-19-9-3-10-20-38/h1-35H. The molecule has 0 bridgehead atoms. The molecule has 0 unspecified atom stereocenters. The Morgan fingerprint density at radius 3 is 1.57 bits per heavy atom. The van der Waals surface area contributed by atoms with Crippen molar-refractivity contribution in [1.29, 1.82) is 0 Å². The van der Waals surface area contributed by atoms with Crippen LogP contribution in [0.4, 0.5) is 0 Å². The van der Waals surface area contributed by atoms with Crippen LogP contribution in [-0.4, -0.2) is 24.1 Å². The Kier molecular flexibility index (Phi) is 7.80. The summed E-state index contributed by atoms with van der Waals surface area (Å²) in [6.45, 7) is 0. The topological polar surface area (TPSA) is 61.7 Å². The molecule has 0 amide bonds. The molecule has 0 N–H and O–H groups in total. The molecule has 0 fully saturated rings. The highest BCUT2D eigenvalue weighted by Gasteiger charge is 2.22. The van der Waals surface area contributed by atoms with E-state index < -0.39 is 0 Å². The summed E-state index contributed by atoms with van der Waals surface area (Å²) in [5, 5.41) is 6.82. The minimum Gasteiger partial charge on any atom is -0.456 e. The number of hydrogen-bond donors (Lipinski definition) is 0. The molecule has 0 aliphatic heterocycles. The average Bonchev–Trinajstić information content (AvgIpc) is 4.01. The van der Waals surface area contributed by atoms with Crippen molar-refractivity contribution in [2.75, 3.05) is 0 Å². The van der Waals surface area contributed by atoms with Gasteiger partial charge in [-0.3, -0.25) is 0 Å². The molecule has 294 valence electrons. The van der Waals surface area contributed by atoms with Crippen molar-refractivity contribution in [1.82, 2.24) is 24.1 Å². The minimum absolute atomic E-state index is 0.611. The quantitative estimate of drug-likeness (QED) is 0.168. The van der Waals surface area contributed by atoms with Gasteiger partial charge in [0.25, 0.3) is 0 Å². The van der Waals surface area contributed by atoms with E-state index in [1.807, 2.05) is 60.7 Å². The van der Waals surface area contributed by atoms with Crippen LogP contribution in [0.15, 0.2) is 217 Å². The minimum atomic E-state index is 0.611. The third-order valence-electron chi connectivity index (χ3n) is 12.4. The van der Waals surface area contributed by atoms with Crippen LogP contribution in [-0.2, 0) is 0 Å².